The number of nitrogens with zero attached hydrogens (tertiary/aromatic N) is 1. The van der Waals surface area contributed by atoms with E-state index in [1.165, 1.54) is 6.26 Å². The maximum Gasteiger partial charge on any atom is 0.289 e. The van der Waals surface area contributed by atoms with E-state index in [2.05, 4.69) is 0 Å². The molecule has 1 fully saturated rings. The molecular formula is C11H15NO4S. The Labute approximate surface area is 100 Å². The van der Waals surface area contributed by atoms with Crippen molar-refractivity contribution in [1.29, 1.82) is 0 Å². The SMILES string of the molecule is Cc1ccoc1C(=O)N1CCCS(=O)(=O)CC1. The van der Waals surface area contributed by atoms with Crippen molar-refractivity contribution < 1.29 is 17.6 Å². The van der Waals surface area contributed by atoms with Crippen LogP contribution in [0.2, 0.25) is 0 Å². The van der Waals surface area contributed by atoms with Crippen molar-refractivity contribution in [1.82, 2.24) is 4.90 Å². The summed E-state index contributed by atoms with van der Waals surface area (Å²) in [4.78, 5) is 13.6. The predicted molar refractivity (Wildman–Crippen MR) is 62.6 cm³/mol. The number of hydrogen-bond donors (Lipinski definition) is 0. The van der Waals surface area contributed by atoms with E-state index < -0.39 is 9.84 Å². The first kappa shape index (κ1) is 12.2. The molecule has 0 saturated carbocycles. The Morgan fingerprint density at radius 2 is 2.12 bits per heavy atom. The zero-order valence-electron chi connectivity index (χ0n) is 9.68. The van der Waals surface area contributed by atoms with Gasteiger partial charge >= 0.3 is 0 Å². The number of rotatable bonds is 1. The highest BCUT2D eigenvalue weighted by molar-refractivity contribution is 7.91. The third-order valence-electron chi connectivity index (χ3n) is 2.90. The molecule has 0 radical (unpaired) electrons. The van der Waals surface area contributed by atoms with Crippen molar-refractivity contribution in [2.24, 2.45) is 0 Å². The minimum absolute atomic E-state index is 0.0402. The average molecular weight is 257 g/mol. The number of furan rings is 1. The number of hydrogen-bond acceptors (Lipinski definition) is 4. The lowest BCUT2D eigenvalue weighted by Gasteiger charge is -2.18. The van der Waals surface area contributed by atoms with Gasteiger partial charge in [0.05, 0.1) is 17.8 Å². The molecular weight excluding hydrogens is 242 g/mol. The molecule has 2 rings (SSSR count). The van der Waals surface area contributed by atoms with Gasteiger partial charge in [0.15, 0.2) is 15.6 Å². The Morgan fingerprint density at radius 3 is 2.76 bits per heavy atom. The second-order valence-electron chi connectivity index (χ2n) is 4.23. The predicted octanol–water partition coefficient (Wildman–Crippen LogP) is 0.849. The van der Waals surface area contributed by atoms with E-state index in [4.69, 9.17) is 4.42 Å². The molecule has 0 spiro atoms. The summed E-state index contributed by atoms with van der Waals surface area (Å²) in [5.74, 6) is 0.292. The summed E-state index contributed by atoms with van der Waals surface area (Å²) in [5, 5.41) is 0. The monoisotopic (exact) mass is 257 g/mol. The van der Waals surface area contributed by atoms with Gasteiger partial charge in [-0.05, 0) is 19.4 Å². The van der Waals surface area contributed by atoms with E-state index in [0.717, 1.165) is 5.56 Å². The summed E-state index contributed by atoms with van der Waals surface area (Å²) in [6.07, 6.45) is 1.96. The van der Waals surface area contributed by atoms with Gasteiger partial charge in [-0.3, -0.25) is 4.79 Å². The Morgan fingerprint density at radius 1 is 1.35 bits per heavy atom. The molecule has 1 aliphatic rings. The van der Waals surface area contributed by atoms with Gasteiger partial charge in [0.1, 0.15) is 0 Å². The lowest BCUT2D eigenvalue weighted by atomic mass is 10.2. The van der Waals surface area contributed by atoms with Gasteiger partial charge in [-0.2, -0.15) is 0 Å². The molecule has 6 heteroatoms. The minimum Gasteiger partial charge on any atom is -0.459 e. The summed E-state index contributed by atoms with van der Waals surface area (Å²) in [7, 11) is -2.99. The molecule has 1 aromatic rings. The topological polar surface area (TPSA) is 67.6 Å². The Balaban J connectivity index is 2.14. The highest BCUT2D eigenvalue weighted by Crippen LogP contribution is 2.14. The van der Waals surface area contributed by atoms with Gasteiger partial charge in [0, 0.05) is 18.7 Å². The number of aryl methyl sites for hydroxylation is 1. The summed E-state index contributed by atoms with van der Waals surface area (Å²) >= 11 is 0. The lowest BCUT2D eigenvalue weighted by molar-refractivity contribution is 0.0735. The van der Waals surface area contributed by atoms with Crippen LogP contribution in [0.1, 0.15) is 22.5 Å². The van der Waals surface area contributed by atoms with Crippen LogP contribution in [0.15, 0.2) is 16.7 Å². The van der Waals surface area contributed by atoms with Gasteiger partial charge in [-0.25, -0.2) is 8.42 Å². The van der Waals surface area contributed by atoms with Crippen LogP contribution in [0, 0.1) is 6.92 Å². The molecule has 1 aromatic heterocycles. The number of carbonyl (C=O) groups is 1. The van der Waals surface area contributed by atoms with Crippen molar-refractivity contribution in [2.75, 3.05) is 24.6 Å². The molecule has 1 amide bonds. The van der Waals surface area contributed by atoms with Crippen LogP contribution < -0.4 is 0 Å². The fourth-order valence-corrected chi connectivity index (χ4v) is 3.15. The molecule has 94 valence electrons. The van der Waals surface area contributed by atoms with Gasteiger partial charge in [-0.15, -0.1) is 0 Å². The second-order valence-corrected chi connectivity index (χ2v) is 6.53. The minimum atomic E-state index is -2.99. The molecule has 1 saturated heterocycles. The number of amides is 1. The lowest BCUT2D eigenvalue weighted by Crippen LogP contribution is -2.33. The zero-order valence-corrected chi connectivity index (χ0v) is 10.5. The van der Waals surface area contributed by atoms with E-state index in [-0.39, 0.29) is 24.0 Å². The standard InChI is InChI=1S/C11H15NO4S/c1-9-3-6-16-10(9)11(13)12-4-2-7-17(14,15)8-5-12/h3,6H,2,4-5,7-8H2,1H3. The highest BCUT2D eigenvalue weighted by Gasteiger charge is 2.25. The Hall–Kier alpha value is -1.30. The molecule has 0 aliphatic carbocycles. The average Bonchev–Trinajstić information content (AvgIpc) is 2.59. The van der Waals surface area contributed by atoms with Crippen LogP contribution in [-0.4, -0.2) is 43.8 Å². The first-order chi connectivity index (χ1) is 7.99. The molecule has 5 nitrogen and oxygen atoms in total. The number of carbonyl (C=O) groups excluding carboxylic acids is 1. The molecule has 0 aromatic carbocycles. The van der Waals surface area contributed by atoms with E-state index in [0.29, 0.717) is 18.7 Å². The summed E-state index contributed by atoms with van der Waals surface area (Å²) in [6, 6.07) is 1.72. The molecule has 17 heavy (non-hydrogen) atoms. The van der Waals surface area contributed by atoms with Crippen LogP contribution in [0.3, 0.4) is 0 Å². The van der Waals surface area contributed by atoms with E-state index in [1.807, 2.05) is 0 Å². The normalized spacial score (nSPS) is 19.9. The molecule has 0 bridgehead atoms. The van der Waals surface area contributed by atoms with Crippen molar-refractivity contribution in [2.45, 2.75) is 13.3 Å². The largest absolute Gasteiger partial charge is 0.459 e. The van der Waals surface area contributed by atoms with Gasteiger partial charge in [-0.1, -0.05) is 0 Å². The van der Waals surface area contributed by atoms with Gasteiger partial charge in [0.25, 0.3) is 5.91 Å². The summed E-state index contributed by atoms with van der Waals surface area (Å²) < 4.78 is 28.0. The van der Waals surface area contributed by atoms with Crippen LogP contribution in [-0.2, 0) is 9.84 Å². The zero-order chi connectivity index (χ0) is 12.5. The first-order valence-corrected chi connectivity index (χ1v) is 7.35. The van der Waals surface area contributed by atoms with Crippen molar-refractivity contribution in [3.63, 3.8) is 0 Å². The molecule has 0 unspecified atom stereocenters. The highest BCUT2D eigenvalue weighted by atomic mass is 32.2. The quantitative estimate of drug-likeness (QED) is 0.748. The Bertz CT molecular complexity index is 517. The van der Waals surface area contributed by atoms with Crippen molar-refractivity contribution >= 4 is 15.7 Å². The third kappa shape index (κ3) is 2.69. The van der Waals surface area contributed by atoms with E-state index in [9.17, 15) is 13.2 Å². The maximum absolute atomic E-state index is 12.1. The fraction of sp³-hybridized carbons (Fsp3) is 0.545. The summed E-state index contributed by atoms with van der Waals surface area (Å²) in [5.41, 5.74) is 0.780. The van der Waals surface area contributed by atoms with Crippen LogP contribution >= 0.6 is 0 Å². The smallest absolute Gasteiger partial charge is 0.289 e. The second kappa shape index (κ2) is 4.52. The first-order valence-electron chi connectivity index (χ1n) is 5.53. The molecule has 1 aliphatic heterocycles. The molecule has 0 N–H and O–H groups in total. The van der Waals surface area contributed by atoms with Crippen LogP contribution in [0.5, 0.6) is 0 Å². The van der Waals surface area contributed by atoms with Crippen molar-refractivity contribution in [3.05, 3.63) is 23.7 Å². The van der Waals surface area contributed by atoms with Crippen molar-refractivity contribution in [3.8, 4) is 0 Å². The third-order valence-corrected chi connectivity index (χ3v) is 4.61. The summed E-state index contributed by atoms with van der Waals surface area (Å²) in [6.45, 7) is 2.52. The van der Waals surface area contributed by atoms with Gasteiger partial charge < -0.3 is 9.32 Å². The van der Waals surface area contributed by atoms with E-state index >= 15 is 0 Å². The molecule has 2 heterocycles. The maximum atomic E-state index is 12.1. The van der Waals surface area contributed by atoms with Crippen LogP contribution in [0.25, 0.3) is 0 Å². The molecule has 0 atom stereocenters. The van der Waals surface area contributed by atoms with Gasteiger partial charge in [0.2, 0.25) is 0 Å². The van der Waals surface area contributed by atoms with E-state index in [1.54, 1.807) is 17.9 Å². The number of sulfone groups is 1. The van der Waals surface area contributed by atoms with Crippen LogP contribution in [0.4, 0.5) is 0 Å². The fourth-order valence-electron chi connectivity index (χ4n) is 1.88. The Kier molecular flexibility index (Phi) is 3.24.